The van der Waals surface area contributed by atoms with Crippen LogP contribution in [0.3, 0.4) is 0 Å². The predicted octanol–water partition coefficient (Wildman–Crippen LogP) is 1.65. The van der Waals surface area contributed by atoms with Crippen LogP contribution in [0.5, 0.6) is 0 Å². The largest absolute Gasteiger partial charge is 0.271 e. The molecule has 0 unspecified atom stereocenters. The Bertz CT molecular complexity index is 587. The van der Waals surface area contributed by atoms with Crippen LogP contribution in [-0.2, 0) is 11.3 Å². The Hall–Kier alpha value is -2.43. The van der Waals surface area contributed by atoms with Crippen LogP contribution in [0, 0.1) is 13.8 Å². The highest BCUT2D eigenvalue weighted by molar-refractivity contribution is 5.82. The minimum Gasteiger partial charge on any atom is -0.271 e. The topological polar surface area (TPSA) is 59.3 Å². The molecule has 1 amide bonds. The number of nitrogens with zero attached hydrogens (tertiary/aromatic N) is 3. The fourth-order valence-electron chi connectivity index (χ4n) is 1.72. The molecule has 1 aromatic carbocycles. The summed E-state index contributed by atoms with van der Waals surface area (Å²) in [5.74, 6) is -0.196. The maximum absolute atomic E-state index is 11.7. The van der Waals surface area contributed by atoms with E-state index in [1.165, 1.54) is 0 Å². The van der Waals surface area contributed by atoms with Crippen LogP contribution in [0.15, 0.2) is 41.5 Å². The van der Waals surface area contributed by atoms with E-state index < -0.39 is 0 Å². The van der Waals surface area contributed by atoms with Crippen molar-refractivity contribution in [1.82, 2.24) is 15.2 Å². The third-order valence-corrected chi connectivity index (χ3v) is 2.60. The van der Waals surface area contributed by atoms with E-state index in [2.05, 4.69) is 15.6 Å². The quantitative estimate of drug-likeness (QED) is 0.668. The van der Waals surface area contributed by atoms with Gasteiger partial charge in [0.1, 0.15) is 6.54 Å². The second-order valence-corrected chi connectivity index (χ2v) is 4.29. The zero-order valence-corrected chi connectivity index (χ0v) is 11.0. The number of hydrazone groups is 1. The molecule has 5 nitrogen and oxygen atoms in total. The summed E-state index contributed by atoms with van der Waals surface area (Å²) in [7, 11) is 0. The third kappa shape index (κ3) is 3.77. The molecule has 0 bridgehead atoms. The smallest absolute Gasteiger partial charge is 0.261 e. The zero-order chi connectivity index (χ0) is 13.7. The predicted molar refractivity (Wildman–Crippen MR) is 73.9 cm³/mol. The fourth-order valence-corrected chi connectivity index (χ4v) is 1.72. The molecule has 0 aliphatic rings. The van der Waals surface area contributed by atoms with Gasteiger partial charge in [-0.25, -0.2) is 5.43 Å². The highest BCUT2D eigenvalue weighted by atomic mass is 16.2. The molecule has 0 fully saturated rings. The molecule has 0 aliphatic carbocycles. The lowest BCUT2D eigenvalue weighted by Crippen LogP contribution is -2.24. The Kier molecular flexibility index (Phi) is 4.07. The van der Waals surface area contributed by atoms with Gasteiger partial charge in [0.2, 0.25) is 0 Å². The van der Waals surface area contributed by atoms with Crippen molar-refractivity contribution in [3.63, 3.8) is 0 Å². The average Bonchev–Trinajstić information content (AvgIpc) is 2.69. The van der Waals surface area contributed by atoms with E-state index in [1.807, 2.05) is 50.2 Å². The number of carbonyl (C=O) groups is 1. The molecule has 1 N–H and O–H groups in total. The molecular formula is C14H16N4O. The highest BCUT2D eigenvalue weighted by Gasteiger charge is 2.05. The van der Waals surface area contributed by atoms with Gasteiger partial charge >= 0.3 is 0 Å². The SMILES string of the molecule is Cc1cc(C)n(CC(=O)NN=Cc2ccccc2)n1. The number of amides is 1. The first-order chi connectivity index (χ1) is 9.15. The molecule has 1 heterocycles. The van der Waals surface area contributed by atoms with Gasteiger partial charge in [0, 0.05) is 5.69 Å². The number of carbonyl (C=O) groups excluding carboxylic acids is 1. The third-order valence-electron chi connectivity index (χ3n) is 2.60. The molecule has 2 aromatic rings. The van der Waals surface area contributed by atoms with Gasteiger partial charge in [0.05, 0.1) is 11.9 Å². The van der Waals surface area contributed by atoms with Crippen LogP contribution in [0.4, 0.5) is 0 Å². The maximum Gasteiger partial charge on any atom is 0.261 e. The van der Waals surface area contributed by atoms with Crippen molar-refractivity contribution in [2.45, 2.75) is 20.4 Å². The minimum atomic E-state index is -0.196. The Morgan fingerprint density at radius 1 is 1.37 bits per heavy atom. The number of rotatable bonds is 4. The molecule has 0 radical (unpaired) electrons. The van der Waals surface area contributed by atoms with Crippen molar-refractivity contribution < 1.29 is 4.79 Å². The molecule has 2 rings (SSSR count). The van der Waals surface area contributed by atoms with Crippen LogP contribution >= 0.6 is 0 Å². The number of benzene rings is 1. The molecule has 0 spiro atoms. The van der Waals surface area contributed by atoms with Crippen LogP contribution in [0.1, 0.15) is 17.0 Å². The zero-order valence-electron chi connectivity index (χ0n) is 11.0. The van der Waals surface area contributed by atoms with Crippen molar-refractivity contribution in [3.8, 4) is 0 Å². The summed E-state index contributed by atoms with van der Waals surface area (Å²) in [6.07, 6.45) is 1.61. The highest BCUT2D eigenvalue weighted by Crippen LogP contribution is 2.01. The van der Waals surface area contributed by atoms with Crippen LogP contribution < -0.4 is 5.43 Å². The summed E-state index contributed by atoms with van der Waals surface area (Å²) in [6.45, 7) is 3.99. The first-order valence-electron chi connectivity index (χ1n) is 6.03. The number of aryl methyl sites for hydroxylation is 2. The normalized spacial score (nSPS) is 10.8. The second-order valence-electron chi connectivity index (χ2n) is 4.29. The van der Waals surface area contributed by atoms with Gasteiger partial charge in [0.25, 0.3) is 5.91 Å². The summed E-state index contributed by atoms with van der Waals surface area (Å²) < 4.78 is 1.66. The van der Waals surface area contributed by atoms with Crippen molar-refractivity contribution in [2.24, 2.45) is 5.10 Å². The van der Waals surface area contributed by atoms with Gasteiger partial charge < -0.3 is 0 Å². The van der Waals surface area contributed by atoms with Crippen LogP contribution in [0.2, 0.25) is 0 Å². The van der Waals surface area contributed by atoms with Crippen molar-refractivity contribution in [3.05, 3.63) is 53.3 Å². The van der Waals surface area contributed by atoms with E-state index in [-0.39, 0.29) is 12.5 Å². The first kappa shape index (κ1) is 13.0. The second kappa shape index (κ2) is 5.95. The lowest BCUT2D eigenvalue weighted by molar-refractivity contribution is -0.121. The maximum atomic E-state index is 11.7. The van der Waals surface area contributed by atoms with Crippen molar-refractivity contribution in [1.29, 1.82) is 0 Å². The minimum absolute atomic E-state index is 0.172. The van der Waals surface area contributed by atoms with E-state index in [4.69, 9.17) is 0 Å². The fraction of sp³-hybridized carbons (Fsp3) is 0.214. The van der Waals surface area contributed by atoms with E-state index in [9.17, 15) is 4.79 Å². The Labute approximate surface area is 111 Å². The summed E-state index contributed by atoms with van der Waals surface area (Å²) in [4.78, 5) is 11.7. The van der Waals surface area contributed by atoms with Crippen molar-refractivity contribution in [2.75, 3.05) is 0 Å². The molecule has 0 saturated carbocycles. The van der Waals surface area contributed by atoms with E-state index in [0.29, 0.717) is 0 Å². The average molecular weight is 256 g/mol. The van der Waals surface area contributed by atoms with E-state index in [0.717, 1.165) is 17.0 Å². The van der Waals surface area contributed by atoms with Crippen molar-refractivity contribution >= 4 is 12.1 Å². The molecular weight excluding hydrogens is 240 g/mol. The van der Waals surface area contributed by atoms with Gasteiger partial charge in [-0.2, -0.15) is 10.2 Å². The lowest BCUT2D eigenvalue weighted by atomic mass is 10.2. The summed E-state index contributed by atoms with van der Waals surface area (Å²) in [5, 5.41) is 8.13. The van der Waals surface area contributed by atoms with Gasteiger partial charge in [-0.05, 0) is 25.5 Å². The molecule has 5 heteroatoms. The number of nitrogens with one attached hydrogen (secondary N) is 1. The molecule has 0 aliphatic heterocycles. The lowest BCUT2D eigenvalue weighted by Gasteiger charge is -2.02. The number of hydrogen-bond donors (Lipinski definition) is 1. The van der Waals surface area contributed by atoms with Gasteiger partial charge in [-0.15, -0.1) is 0 Å². The molecule has 0 atom stereocenters. The van der Waals surface area contributed by atoms with Crippen LogP contribution in [0.25, 0.3) is 0 Å². The van der Waals surface area contributed by atoms with Gasteiger partial charge in [-0.1, -0.05) is 30.3 Å². The monoisotopic (exact) mass is 256 g/mol. The Morgan fingerprint density at radius 2 is 2.11 bits per heavy atom. The molecule has 98 valence electrons. The Morgan fingerprint density at radius 3 is 2.74 bits per heavy atom. The molecule has 0 saturated heterocycles. The standard InChI is InChI=1S/C14H16N4O/c1-11-8-12(2)18(17-11)10-14(19)16-15-9-13-6-4-3-5-7-13/h3-9H,10H2,1-2H3,(H,16,19). The number of hydrogen-bond acceptors (Lipinski definition) is 3. The van der Waals surface area contributed by atoms with Gasteiger partial charge in [-0.3, -0.25) is 9.48 Å². The molecule has 19 heavy (non-hydrogen) atoms. The molecule has 1 aromatic heterocycles. The summed E-state index contributed by atoms with van der Waals surface area (Å²) in [5.41, 5.74) is 5.28. The van der Waals surface area contributed by atoms with Crippen LogP contribution in [-0.4, -0.2) is 21.9 Å². The Balaban J connectivity index is 1.88. The first-order valence-corrected chi connectivity index (χ1v) is 6.03. The summed E-state index contributed by atoms with van der Waals surface area (Å²) in [6, 6.07) is 11.5. The number of aromatic nitrogens is 2. The van der Waals surface area contributed by atoms with Gasteiger partial charge in [0.15, 0.2) is 0 Å². The van der Waals surface area contributed by atoms with E-state index >= 15 is 0 Å². The van der Waals surface area contributed by atoms with E-state index in [1.54, 1.807) is 10.9 Å². The summed E-state index contributed by atoms with van der Waals surface area (Å²) >= 11 is 0.